The molecule has 3 aromatic rings. The minimum Gasteiger partial charge on any atom is -0.507 e. The maximum Gasteiger partial charge on any atom is 0.270 e. The fourth-order valence-electron chi connectivity index (χ4n) is 2.95. The number of carbonyl (C=O) groups is 2. The summed E-state index contributed by atoms with van der Waals surface area (Å²) in [4.78, 5) is 37.5. The number of aldehydes is 1. The summed E-state index contributed by atoms with van der Waals surface area (Å²) in [5.41, 5.74) is 0.130. The molecule has 164 valence electrons. The summed E-state index contributed by atoms with van der Waals surface area (Å²) in [6.45, 7) is 0. The second kappa shape index (κ2) is 9.35. The van der Waals surface area contributed by atoms with Gasteiger partial charge in [0, 0.05) is 36.5 Å². The molecule has 0 unspecified atom stereocenters. The van der Waals surface area contributed by atoms with E-state index in [1.165, 1.54) is 18.2 Å². The number of nitrogens with one attached hydrogen (secondary N) is 1. The van der Waals surface area contributed by atoms with Crippen molar-refractivity contribution in [2.75, 3.05) is 0 Å². The van der Waals surface area contributed by atoms with Crippen LogP contribution in [0.5, 0.6) is 5.75 Å². The molecule has 3 rings (SSSR count). The number of aryl methyl sites for hydroxylation is 1. The van der Waals surface area contributed by atoms with Crippen LogP contribution < -0.4 is 4.72 Å². The Bertz CT molecular complexity index is 1290. The zero-order chi connectivity index (χ0) is 23.3. The van der Waals surface area contributed by atoms with Crippen LogP contribution in [0.1, 0.15) is 22.3 Å². The predicted molar refractivity (Wildman–Crippen MR) is 113 cm³/mol. The van der Waals surface area contributed by atoms with Gasteiger partial charge >= 0.3 is 0 Å². The van der Waals surface area contributed by atoms with Crippen molar-refractivity contribution >= 4 is 27.9 Å². The molecule has 0 atom stereocenters. The van der Waals surface area contributed by atoms with Crippen molar-refractivity contribution < 1.29 is 28.0 Å². The summed E-state index contributed by atoms with van der Waals surface area (Å²) in [5, 5.41) is 21.4. The number of phenols is 1. The molecule has 2 N–H and O–H groups in total. The normalized spacial score (nSPS) is 11.0. The first-order valence-electron chi connectivity index (χ1n) is 9.23. The van der Waals surface area contributed by atoms with E-state index in [9.17, 15) is 33.2 Å². The molecule has 1 aromatic heterocycles. The quantitative estimate of drug-likeness (QED) is 0.298. The highest BCUT2D eigenvalue weighted by atomic mass is 32.2. The first kappa shape index (κ1) is 22.6. The zero-order valence-electron chi connectivity index (χ0n) is 16.5. The molecule has 11 heteroatoms. The Morgan fingerprint density at radius 2 is 1.97 bits per heavy atom. The summed E-state index contributed by atoms with van der Waals surface area (Å²) in [6, 6.07) is 10.5. The van der Waals surface area contributed by atoms with Crippen molar-refractivity contribution in [2.24, 2.45) is 0 Å². The number of benzene rings is 2. The Morgan fingerprint density at radius 1 is 1.19 bits per heavy atom. The predicted octanol–water partition coefficient (Wildman–Crippen LogP) is 2.61. The third-order valence-corrected chi connectivity index (χ3v) is 5.88. The molecule has 10 nitrogen and oxygen atoms in total. The molecule has 1 amide bonds. The number of rotatable bonds is 8. The number of nitro groups is 1. The average molecular weight is 455 g/mol. The van der Waals surface area contributed by atoms with Gasteiger partial charge in [0.1, 0.15) is 5.75 Å². The lowest BCUT2D eigenvalue weighted by atomic mass is 10.0. The van der Waals surface area contributed by atoms with Crippen LogP contribution in [0.2, 0.25) is 0 Å². The molecule has 0 aliphatic carbocycles. The van der Waals surface area contributed by atoms with Gasteiger partial charge < -0.3 is 5.11 Å². The molecule has 0 aliphatic rings. The Labute approximate surface area is 182 Å². The van der Waals surface area contributed by atoms with Crippen LogP contribution in [0.3, 0.4) is 0 Å². The first-order valence-corrected chi connectivity index (χ1v) is 10.7. The van der Waals surface area contributed by atoms with Gasteiger partial charge in [-0.3, -0.25) is 24.7 Å². The number of nitrogens with zero attached hydrogens (tertiary/aromatic N) is 2. The molecule has 0 bridgehead atoms. The van der Waals surface area contributed by atoms with E-state index < -0.39 is 31.5 Å². The highest BCUT2D eigenvalue weighted by molar-refractivity contribution is 7.90. The molecule has 0 fully saturated rings. The minimum atomic E-state index is -4.39. The van der Waals surface area contributed by atoms with E-state index >= 15 is 0 Å². The maximum absolute atomic E-state index is 12.7. The van der Waals surface area contributed by atoms with E-state index in [1.807, 2.05) is 4.72 Å². The van der Waals surface area contributed by atoms with Crippen LogP contribution in [0.25, 0.3) is 11.1 Å². The van der Waals surface area contributed by atoms with Gasteiger partial charge in [-0.1, -0.05) is 18.2 Å². The Hall–Kier alpha value is -4.12. The van der Waals surface area contributed by atoms with Crippen LogP contribution in [0.4, 0.5) is 5.69 Å². The van der Waals surface area contributed by atoms with Gasteiger partial charge in [0.2, 0.25) is 5.91 Å². The highest BCUT2D eigenvalue weighted by Gasteiger charge is 2.22. The SMILES string of the molecule is O=Cc1cc(S(=O)(=O)NC(=O)CCc2cccnc2)cc(-c2cccc([N+](=O)[O-])c2)c1O. The number of carbonyl (C=O) groups excluding carboxylic acids is 2. The van der Waals surface area contributed by atoms with E-state index in [0.717, 1.165) is 23.8 Å². The molecule has 1 heterocycles. The van der Waals surface area contributed by atoms with Crippen molar-refractivity contribution in [3.8, 4) is 16.9 Å². The summed E-state index contributed by atoms with van der Waals surface area (Å²) >= 11 is 0. The maximum atomic E-state index is 12.7. The number of non-ortho nitro benzene ring substituents is 1. The number of hydrogen-bond acceptors (Lipinski definition) is 8. The van der Waals surface area contributed by atoms with E-state index in [2.05, 4.69) is 4.98 Å². The van der Waals surface area contributed by atoms with Crippen molar-refractivity contribution in [3.63, 3.8) is 0 Å². The van der Waals surface area contributed by atoms with E-state index in [-0.39, 0.29) is 41.5 Å². The van der Waals surface area contributed by atoms with E-state index in [4.69, 9.17) is 0 Å². The number of amides is 1. The van der Waals surface area contributed by atoms with Gasteiger partial charge in [-0.15, -0.1) is 0 Å². The summed E-state index contributed by atoms with van der Waals surface area (Å²) < 4.78 is 27.4. The first-order chi connectivity index (χ1) is 15.2. The summed E-state index contributed by atoms with van der Waals surface area (Å²) in [6.07, 6.45) is 3.52. The number of nitro benzene ring substituents is 1. The van der Waals surface area contributed by atoms with Gasteiger partial charge in [-0.05, 0) is 35.7 Å². The standard InChI is InChI=1S/C21H17N3O7S/c25-13-16-10-18(11-19(21(16)27)15-4-1-5-17(9-15)24(28)29)32(30,31)23-20(26)7-6-14-3-2-8-22-12-14/h1-5,8-13,27H,6-7H2,(H,23,26). The monoisotopic (exact) mass is 455 g/mol. The molecular weight excluding hydrogens is 438 g/mol. The highest BCUT2D eigenvalue weighted by Crippen LogP contribution is 2.35. The molecular formula is C21H17N3O7S. The van der Waals surface area contributed by atoms with Crippen molar-refractivity contribution in [3.05, 3.63) is 82.2 Å². The van der Waals surface area contributed by atoms with Gasteiger partial charge in [0.25, 0.3) is 15.7 Å². The lowest BCUT2D eigenvalue weighted by Crippen LogP contribution is -2.30. The third-order valence-electron chi connectivity index (χ3n) is 4.53. The average Bonchev–Trinajstić information content (AvgIpc) is 2.78. The number of hydrogen-bond donors (Lipinski definition) is 2. The number of pyridine rings is 1. The minimum absolute atomic E-state index is 0.110. The van der Waals surface area contributed by atoms with Gasteiger partial charge in [0.05, 0.1) is 15.4 Å². The Kier molecular flexibility index (Phi) is 6.59. The lowest BCUT2D eigenvalue weighted by molar-refractivity contribution is -0.384. The van der Waals surface area contributed by atoms with Gasteiger partial charge in [-0.2, -0.15) is 0 Å². The van der Waals surface area contributed by atoms with E-state index in [0.29, 0.717) is 0 Å². The summed E-state index contributed by atoms with van der Waals surface area (Å²) in [7, 11) is -4.39. The van der Waals surface area contributed by atoms with E-state index in [1.54, 1.807) is 24.5 Å². The molecule has 2 aromatic carbocycles. The van der Waals surface area contributed by atoms with Crippen LogP contribution in [0.15, 0.2) is 65.8 Å². The van der Waals surface area contributed by atoms with Crippen molar-refractivity contribution in [2.45, 2.75) is 17.7 Å². The number of sulfonamides is 1. The van der Waals surface area contributed by atoms with Crippen molar-refractivity contribution in [1.82, 2.24) is 9.71 Å². The van der Waals surface area contributed by atoms with Crippen LogP contribution in [-0.2, 0) is 21.2 Å². The van der Waals surface area contributed by atoms with Gasteiger partial charge in [-0.25, -0.2) is 13.1 Å². The van der Waals surface area contributed by atoms with Crippen LogP contribution >= 0.6 is 0 Å². The summed E-state index contributed by atoms with van der Waals surface area (Å²) in [5.74, 6) is -1.31. The molecule has 0 aliphatic heterocycles. The third kappa shape index (κ3) is 5.13. The lowest BCUT2D eigenvalue weighted by Gasteiger charge is -2.12. The molecule has 0 spiro atoms. The Balaban J connectivity index is 1.92. The number of aromatic nitrogens is 1. The zero-order valence-corrected chi connectivity index (χ0v) is 17.3. The van der Waals surface area contributed by atoms with Crippen LogP contribution in [0, 0.1) is 10.1 Å². The topological polar surface area (TPSA) is 157 Å². The molecule has 0 radical (unpaired) electrons. The number of phenolic OH excluding ortho intramolecular Hbond substituents is 1. The van der Waals surface area contributed by atoms with Crippen molar-refractivity contribution in [1.29, 1.82) is 0 Å². The van der Waals surface area contributed by atoms with Crippen LogP contribution in [-0.4, -0.2) is 35.6 Å². The fourth-order valence-corrected chi connectivity index (χ4v) is 4.02. The fraction of sp³-hybridized carbons (Fsp3) is 0.0952. The molecule has 0 saturated carbocycles. The molecule has 0 saturated heterocycles. The largest absolute Gasteiger partial charge is 0.507 e. The second-order valence-corrected chi connectivity index (χ2v) is 8.41. The second-order valence-electron chi connectivity index (χ2n) is 6.72. The number of aromatic hydroxyl groups is 1. The smallest absolute Gasteiger partial charge is 0.270 e. The Morgan fingerprint density at radius 3 is 2.62 bits per heavy atom. The molecule has 32 heavy (non-hydrogen) atoms. The van der Waals surface area contributed by atoms with Gasteiger partial charge in [0.15, 0.2) is 6.29 Å².